The summed E-state index contributed by atoms with van der Waals surface area (Å²) in [6, 6.07) is 0. The van der Waals surface area contributed by atoms with Gasteiger partial charge in [0.05, 0.1) is 12.3 Å². The van der Waals surface area contributed by atoms with E-state index in [0.717, 1.165) is 19.3 Å². The Morgan fingerprint density at radius 2 is 1.45 bits per heavy atom. The lowest BCUT2D eigenvalue weighted by molar-refractivity contribution is -0.160. The molecule has 0 fully saturated rings. The maximum Gasteiger partial charge on any atom is 0.307 e. The lowest BCUT2D eigenvalue weighted by atomic mass is 9.97. The first-order chi connectivity index (χ1) is 10.3. The topological polar surface area (TPSA) is 63.6 Å². The van der Waals surface area contributed by atoms with E-state index in [1.54, 1.807) is 20.8 Å². The molecule has 4 nitrogen and oxygen atoms in total. The molecule has 0 radical (unpaired) electrons. The molecule has 0 aliphatic rings. The lowest BCUT2D eigenvalue weighted by Crippen LogP contribution is -2.27. The number of carboxylic acids is 1. The van der Waals surface area contributed by atoms with Gasteiger partial charge in [0.15, 0.2) is 0 Å². The van der Waals surface area contributed by atoms with Crippen molar-refractivity contribution >= 4 is 11.9 Å². The fraction of sp³-hybridized carbons (Fsp3) is 0.889. The second-order valence-electron chi connectivity index (χ2n) is 7.09. The zero-order chi connectivity index (χ0) is 17.0. The van der Waals surface area contributed by atoms with E-state index in [1.165, 1.54) is 32.1 Å². The van der Waals surface area contributed by atoms with Gasteiger partial charge in [-0.25, -0.2) is 0 Å². The summed E-state index contributed by atoms with van der Waals surface area (Å²) in [5, 5.41) is 9.21. The fourth-order valence-corrected chi connectivity index (χ4v) is 2.42. The molecule has 130 valence electrons. The van der Waals surface area contributed by atoms with E-state index in [-0.39, 0.29) is 6.42 Å². The Morgan fingerprint density at radius 3 is 1.91 bits per heavy atom. The van der Waals surface area contributed by atoms with Crippen molar-refractivity contribution in [3.05, 3.63) is 0 Å². The number of carbonyl (C=O) groups excluding carboxylic acids is 1. The summed E-state index contributed by atoms with van der Waals surface area (Å²) in [6.45, 7) is 7.58. The molecule has 1 atom stereocenters. The number of unbranched alkanes of at least 4 members (excludes halogenated alkanes) is 7. The van der Waals surface area contributed by atoms with Gasteiger partial charge in [-0.3, -0.25) is 9.59 Å². The Bertz CT molecular complexity index is 318. The number of ether oxygens (including phenoxy) is 1. The van der Waals surface area contributed by atoms with Gasteiger partial charge in [-0.05, 0) is 27.2 Å². The number of esters is 1. The van der Waals surface area contributed by atoms with Crippen LogP contribution in [-0.4, -0.2) is 22.6 Å². The summed E-state index contributed by atoms with van der Waals surface area (Å²) in [4.78, 5) is 23.0. The maximum atomic E-state index is 11.7. The van der Waals surface area contributed by atoms with E-state index < -0.39 is 23.5 Å². The number of hydrogen-bond donors (Lipinski definition) is 1. The number of rotatable bonds is 12. The Morgan fingerprint density at radius 1 is 0.955 bits per heavy atom. The minimum atomic E-state index is -0.895. The van der Waals surface area contributed by atoms with Gasteiger partial charge in [-0.1, -0.05) is 58.3 Å². The number of aliphatic carboxylic acids is 1. The van der Waals surface area contributed by atoms with Crippen molar-refractivity contribution in [1.82, 2.24) is 0 Å². The first kappa shape index (κ1) is 20.9. The van der Waals surface area contributed by atoms with Crippen molar-refractivity contribution in [2.75, 3.05) is 0 Å². The number of carboxylic acid groups (broad SMARTS) is 1. The Kier molecular flexibility index (Phi) is 10.9. The fourth-order valence-electron chi connectivity index (χ4n) is 2.42. The third kappa shape index (κ3) is 12.7. The van der Waals surface area contributed by atoms with Crippen LogP contribution in [-0.2, 0) is 14.3 Å². The zero-order valence-corrected chi connectivity index (χ0v) is 14.8. The van der Waals surface area contributed by atoms with Crippen LogP contribution in [0, 0.1) is 5.92 Å². The van der Waals surface area contributed by atoms with Crippen LogP contribution < -0.4 is 0 Å². The normalized spacial score (nSPS) is 12.9. The molecule has 1 N–H and O–H groups in total. The average Bonchev–Trinajstić information content (AvgIpc) is 2.38. The van der Waals surface area contributed by atoms with E-state index in [0.29, 0.717) is 6.42 Å². The monoisotopic (exact) mass is 314 g/mol. The van der Waals surface area contributed by atoms with Gasteiger partial charge in [0.2, 0.25) is 0 Å². The van der Waals surface area contributed by atoms with Crippen LogP contribution in [0.5, 0.6) is 0 Å². The maximum absolute atomic E-state index is 11.7. The molecule has 0 amide bonds. The summed E-state index contributed by atoms with van der Waals surface area (Å²) in [7, 11) is 0. The van der Waals surface area contributed by atoms with E-state index in [9.17, 15) is 14.7 Å². The van der Waals surface area contributed by atoms with Crippen LogP contribution >= 0.6 is 0 Å². The largest absolute Gasteiger partial charge is 0.481 e. The molecule has 22 heavy (non-hydrogen) atoms. The van der Waals surface area contributed by atoms with Crippen molar-refractivity contribution in [3.8, 4) is 0 Å². The second kappa shape index (κ2) is 11.5. The van der Waals surface area contributed by atoms with Gasteiger partial charge in [0, 0.05) is 0 Å². The molecule has 0 aromatic carbocycles. The summed E-state index contributed by atoms with van der Waals surface area (Å²) < 4.78 is 5.20. The average molecular weight is 314 g/mol. The van der Waals surface area contributed by atoms with Gasteiger partial charge in [0.25, 0.3) is 0 Å². The molecule has 0 heterocycles. The predicted octanol–water partition coefficient (Wildman–Crippen LogP) is 4.95. The van der Waals surface area contributed by atoms with E-state index >= 15 is 0 Å². The molecule has 0 aliphatic carbocycles. The van der Waals surface area contributed by atoms with Gasteiger partial charge in [-0.15, -0.1) is 0 Å². The first-order valence-electron chi connectivity index (χ1n) is 8.71. The minimum absolute atomic E-state index is 0.0247. The van der Waals surface area contributed by atoms with Crippen LogP contribution in [0.3, 0.4) is 0 Å². The summed E-state index contributed by atoms with van der Waals surface area (Å²) in [5.74, 6) is -1.93. The third-order valence-electron chi connectivity index (χ3n) is 3.59. The molecule has 0 aliphatic heterocycles. The summed E-state index contributed by atoms with van der Waals surface area (Å²) >= 11 is 0. The highest BCUT2D eigenvalue weighted by molar-refractivity contribution is 5.78. The molecule has 0 saturated carbocycles. The van der Waals surface area contributed by atoms with Gasteiger partial charge < -0.3 is 9.84 Å². The first-order valence-corrected chi connectivity index (χ1v) is 8.71. The van der Waals surface area contributed by atoms with Crippen molar-refractivity contribution in [2.24, 2.45) is 5.92 Å². The molecule has 0 unspecified atom stereocenters. The molecule has 0 aromatic rings. The van der Waals surface area contributed by atoms with Crippen molar-refractivity contribution in [2.45, 2.75) is 97.5 Å². The minimum Gasteiger partial charge on any atom is -0.481 e. The van der Waals surface area contributed by atoms with E-state index in [4.69, 9.17) is 4.74 Å². The SMILES string of the molecule is CCCCCCCCCC[C@H](CC(=O)OC(C)(C)C)C(=O)O. The van der Waals surface area contributed by atoms with Crippen molar-refractivity contribution < 1.29 is 19.4 Å². The third-order valence-corrected chi connectivity index (χ3v) is 3.59. The Hall–Kier alpha value is -1.06. The van der Waals surface area contributed by atoms with Crippen LogP contribution in [0.15, 0.2) is 0 Å². The van der Waals surface area contributed by atoms with Crippen LogP contribution in [0.25, 0.3) is 0 Å². The van der Waals surface area contributed by atoms with E-state index in [1.807, 2.05) is 0 Å². The van der Waals surface area contributed by atoms with Crippen LogP contribution in [0.1, 0.15) is 91.9 Å². The molecule has 0 saturated heterocycles. The molecule has 4 heteroatoms. The Labute approximate surface area is 135 Å². The summed E-state index contributed by atoms with van der Waals surface area (Å²) in [6.07, 6.45) is 9.96. The van der Waals surface area contributed by atoms with Crippen molar-refractivity contribution in [1.29, 1.82) is 0 Å². The Balaban J connectivity index is 3.87. The van der Waals surface area contributed by atoms with Gasteiger partial charge >= 0.3 is 11.9 Å². The number of carbonyl (C=O) groups is 2. The van der Waals surface area contributed by atoms with Crippen LogP contribution in [0.4, 0.5) is 0 Å². The molecule has 0 bridgehead atoms. The van der Waals surface area contributed by atoms with Gasteiger partial charge in [-0.2, -0.15) is 0 Å². The highest BCUT2D eigenvalue weighted by Crippen LogP contribution is 2.18. The lowest BCUT2D eigenvalue weighted by Gasteiger charge is -2.21. The molecular weight excluding hydrogens is 280 g/mol. The molecular formula is C18H34O4. The highest BCUT2D eigenvalue weighted by Gasteiger charge is 2.24. The van der Waals surface area contributed by atoms with E-state index in [2.05, 4.69) is 6.92 Å². The van der Waals surface area contributed by atoms with Gasteiger partial charge in [0.1, 0.15) is 5.60 Å². The number of hydrogen-bond acceptors (Lipinski definition) is 3. The molecule has 0 spiro atoms. The molecule has 0 aromatic heterocycles. The second-order valence-corrected chi connectivity index (χ2v) is 7.09. The summed E-state index contributed by atoms with van der Waals surface area (Å²) in [5.41, 5.74) is -0.557. The molecule has 0 rings (SSSR count). The van der Waals surface area contributed by atoms with Crippen LogP contribution in [0.2, 0.25) is 0 Å². The quantitative estimate of drug-likeness (QED) is 0.409. The highest BCUT2D eigenvalue weighted by atomic mass is 16.6. The van der Waals surface area contributed by atoms with Crippen molar-refractivity contribution in [3.63, 3.8) is 0 Å². The standard InChI is InChI=1S/C18H34O4/c1-5-6-7-8-9-10-11-12-13-15(17(20)21)14-16(19)22-18(2,3)4/h15H,5-14H2,1-4H3,(H,20,21)/t15-/m1/s1. The zero-order valence-electron chi connectivity index (χ0n) is 14.8. The smallest absolute Gasteiger partial charge is 0.307 e. The predicted molar refractivity (Wildman–Crippen MR) is 88.8 cm³/mol.